The third-order valence-electron chi connectivity index (χ3n) is 6.79. The maximum absolute atomic E-state index is 14.4. The van der Waals surface area contributed by atoms with Crippen LogP contribution in [0.15, 0.2) is 42.5 Å². The van der Waals surface area contributed by atoms with E-state index in [9.17, 15) is 23.9 Å². The molecule has 1 saturated heterocycles. The van der Waals surface area contributed by atoms with Gasteiger partial charge < -0.3 is 26.0 Å². The van der Waals surface area contributed by atoms with Gasteiger partial charge in [-0.05, 0) is 28.8 Å². The molecule has 0 radical (unpaired) electrons. The molecule has 3 amide bonds. The predicted octanol–water partition coefficient (Wildman–Crippen LogP) is 2.57. The number of benzene rings is 2. The standard InChI is InChI=1S/C30H43FN4O4/c1-19(2)15-32-16-24(36)17-33-27(37)25(13-20-10-11-21-8-6-7-9-22(21)12-20)34-28(38)26-14-23(31)18-35(26)29(39)30(3,4)5/h6-12,19,23-26,32,36H,13-18H2,1-5H3,(H,33,37)(H,34,38). The molecule has 214 valence electrons. The number of aliphatic hydroxyl groups excluding tert-OH is 1. The summed E-state index contributed by atoms with van der Waals surface area (Å²) in [7, 11) is 0. The molecule has 9 heteroatoms. The predicted molar refractivity (Wildman–Crippen MR) is 151 cm³/mol. The molecule has 0 saturated carbocycles. The van der Waals surface area contributed by atoms with Gasteiger partial charge in [0.25, 0.3) is 0 Å². The smallest absolute Gasteiger partial charge is 0.243 e. The van der Waals surface area contributed by atoms with Crippen LogP contribution < -0.4 is 16.0 Å². The molecule has 4 unspecified atom stereocenters. The Balaban J connectivity index is 1.75. The number of carbonyl (C=O) groups excluding carboxylic acids is 3. The lowest BCUT2D eigenvalue weighted by atomic mass is 9.94. The minimum absolute atomic E-state index is 0.0125. The highest BCUT2D eigenvalue weighted by Gasteiger charge is 2.43. The topological polar surface area (TPSA) is 111 Å². The van der Waals surface area contributed by atoms with E-state index in [1.54, 1.807) is 20.8 Å². The Bertz CT molecular complexity index is 1150. The molecule has 4 N–H and O–H groups in total. The van der Waals surface area contributed by atoms with Crippen LogP contribution in [0.5, 0.6) is 0 Å². The fraction of sp³-hybridized carbons (Fsp3) is 0.567. The summed E-state index contributed by atoms with van der Waals surface area (Å²) in [6, 6.07) is 11.7. The summed E-state index contributed by atoms with van der Waals surface area (Å²) >= 11 is 0. The van der Waals surface area contributed by atoms with Crippen molar-refractivity contribution in [1.82, 2.24) is 20.9 Å². The van der Waals surface area contributed by atoms with Crippen LogP contribution in [0.3, 0.4) is 0 Å². The molecule has 1 aliphatic rings. The molecule has 2 aromatic rings. The SMILES string of the molecule is CC(C)CNCC(O)CNC(=O)C(Cc1ccc2ccccc2c1)NC(=O)C1CC(F)CN1C(=O)C(C)(C)C. The van der Waals surface area contributed by atoms with Crippen molar-refractivity contribution in [2.45, 2.75) is 71.8 Å². The first-order valence-corrected chi connectivity index (χ1v) is 13.7. The van der Waals surface area contributed by atoms with Crippen molar-refractivity contribution in [2.75, 3.05) is 26.2 Å². The maximum Gasteiger partial charge on any atom is 0.243 e. The third kappa shape index (κ3) is 8.73. The zero-order valence-corrected chi connectivity index (χ0v) is 23.7. The number of amides is 3. The van der Waals surface area contributed by atoms with Crippen LogP contribution in [0.4, 0.5) is 4.39 Å². The molecule has 1 aliphatic heterocycles. The van der Waals surface area contributed by atoms with Gasteiger partial charge in [-0.25, -0.2) is 4.39 Å². The van der Waals surface area contributed by atoms with Crippen molar-refractivity contribution < 1.29 is 23.9 Å². The first kappa shape index (κ1) is 30.5. The highest BCUT2D eigenvalue weighted by Crippen LogP contribution is 2.27. The molecule has 1 fully saturated rings. The van der Waals surface area contributed by atoms with E-state index in [1.165, 1.54) is 4.90 Å². The number of fused-ring (bicyclic) bond motifs is 1. The Morgan fingerprint density at radius 2 is 1.74 bits per heavy atom. The number of likely N-dealkylation sites (tertiary alicyclic amines) is 1. The van der Waals surface area contributed by atoms with Gasteiger partial charge >= 0.3 is 0 Å². The Morgan fingerprint density at radius 1 is 1.05 bits per heavy atom. The van der Waals surface area contributed by atoms with Gasteiger partial charge in [0.05, 0.1) is 12.6 Å². The van der Waals surface area contributed by atoms with Crippen LogP contribution in [0, 0.1) is 11.3 Å². The molecule has 39 heavy (non-hydrogen) atoms. The number of halogens is 1. The van der Waals surface area contributed by atoms with Crippen molar-refractivity contribution in [2.24, 2.45) is 11.3 Å². The summed E-state index contributed by atoms with van der Waals surface area (Å²) in [6.45, 7) is 10.2. The number of hydrogen-bond donors (Lipinski definition) is 4. The number of nitrogens with zero attached hydrogens (tertiary/aromatic N) is 1. The van der Waals surface area contributed by atoms with Crippen LogP contribution >= 0.6 is 0 Å². The van der Waals surface area contributed by atoms with Crippen molar-refractivity contribution in [3.05, 3.63) is 48.0 Å². The second-order valence-corrected chi connectivity index (χ2v) is 12.0. The van der Waals surface area contributed by atoms with Crippen molar-refractivity contribution in [3.63, 3.8) is 0 Å². The van der Waals surface area contributed by atoms with Gasteiger partial charge in [-0.1, -0.05) is 77.1 Å². The Labute approximate surface area is 230 Å². The molecule has 3 rings (SSSR count). The Kier molecular flexibility index (Phi) is 10.4. The van der Waals surface area contributed by atoms with E-state index in [0.29, 0.717) is 12.5 Å². The largest absolute Gasteiger partial charge is 0.390 e. The number of rotatable bonds is 11. The van der Waals surface area contributed by atoms with Gasteiger partial charge in [0.1, 0.15) is 18.3 Å². The zero-order valence-electron chi connectivity index (χ0n) is 23.7. The lowest BCUT2D eigenvalue weighted by Gasteiger charge is -2.31. The number of aliphatic hydroxyl groups is 1. The van der Waals surface area contributed by atoms with Crippen LogP contribution in [-0.2, 0) is 20.8 Å². The quantitative estimate of drug-likeness (QED) is 0.349. The fourth-order valence-electron chi connectivity index (χ4n) is 4.72. The van der Waals surface area contributed by atoms with Gasteiger partial charge in [0.2, 0.25) is 17.7 Å². The van der Waals surface area contributed by atoms with E-state index in [-0.39, 0.29) is 31.8 Å². The highest BCUT2D eigenvalue weighted by atomic mass is 19.1. The van der Waals surface area contributed by atoms with Gasteiger partial charge in [0, 0.05) is 31.3 Å². The molecule has 0 aliphatic carbocycles. The monoisotopic (exact) mass is 542 g/mol. The van der Waals surface area contributed by atoms with E-state index in [2.05, 4.69) is 29.8 Å². The summed E-state index contributed by atoms with van der Waals surface area (Å²) in [6.07, 6.45) is -2.03. The summed E-state index contributed by atoms with van der Waals surface area (Å²) in [5.41, 5.74) is 0.0650. The summed E-state index contributed by atoms with van der Waals surface area (Å²) in [4.78, 5) is 40.9. The van der Waals surface area contributed by atoms with Crippen molar-refractivity contribution in [3.8, 4) is 0 Å². The van der Waals surface area contributed by atoms with Gasteiger partial charge in [-0.15, -0.1) is 0 Å². The lowest BCUT2D eigenvalue weighted by Crippen LogP contribution is -2.55. The molecule has 0 aromatic heterocycles. The van der Waals surface area contributed by atoms with Crippen LogP contribution in [-0.4, -0.2) is 78.3 Å². The molecule has 2 aromatic carbocycles. The first-order chi connectivity index (χ1) is 18.3. The number of alkyl halides is 1. The van der Waals surface area contributed by atoms with Gasteiger partial charge in [-0.3, -0.25) is 14.4 Å². The number of nitrogens with one attached hydrogen (secondary N) is 3. The molecule has 1 heterocycles. The van der Waals surface area contributed by atoms with E-state index in [4.69, 9.17) is 0 Å². The highest BCUT2D eigenvalue weighted by molar-refractivity contribution is 5.94. The molecular weight excluding hydrogens is 499 g/mol. The number of carbonyl (C=O) groups is 3. The molecule has 0 spiro atoms. The lowest BCUT2D eigenvalue weighted by molar-refractivity contribution is -0.145. The van der Waals surface area contributed by atoms with Crippen molar-refractivity contribution in [1.29, 1.82) is 0 Å². The van der Waals surface area contributed by atoms with Crippen LogP contribution in [0.2, 0.25) is 0 Å². The second kappa shape index (κ2) is 13.3. The average molecular weight is 543 g/mol. The Morgan fingerprint density at radius 3 is 2.41 bits per heavy atom. The van der Waals surface area contributed by atoms with E-state index in [0.717, 1.165) is 22.9 Å². The maximum atomic E-state index is 14.4. The molecule has 4 atom stereocenters. The summed E-state index contributed by atoms with van der Waals surface area (Å²) in [5, 5.41) is 21.0. The van der Waals surface area contributed by atoms with Gasteiger partial charge in [-0.2, -0.15) is 0 Å². The zero-order chi connectivity index (χ0) is 28.7. The molecule has 8 nitrogen and oxygen atoms in total. The number of hydrogen-bond acceptors (Lipinski definition) is 5. The summed E-state index contributed by atoms with van der Waals surface area (Å²) < 4.78 is 14.4. The van der Waals surface area contributed by atoms with Gasteiger partial charge in [0.15, 0.2) is 0 Å². The minimum atomic E-state index is -1.31. The average Bonchev–Trinajstić information content (AvgIpc) is 3.27. The Hall–Kier alpha value is -3.04. The van der Waals surface area contributed by atoms with Crippen LogP contribution in [0.25, 0.3) is 10.8 Å². The minimum Gasteiger partial charge on any atom is -0.390 e. The first-order valence-electron chi connectivity index (χ1n) is 13.7. The van der Waals surface area contributed by atoms with E-state index < -0.39 is 41.6 Å². The molecule has 0 bridgehead atoms. The van der Waals surface area contributed by atoms with E-state index >= 15 is 0 Å². The van der Waals surface area contributed by atoms with Crippen LogP contribution in [0.1, 0.15) is 46.6 Å². The third-order valence-corrected chi connectivity index (χ3v) is 6.79. The fourth-order valence-corrected chi connectivity index (χ4v) is 4.72. The van der Waals surface area contributed by atoms with E-state index in [1.807, 2.05) is 42.5 Å². The second-order valence-electron chi connectivity index (χ2n) is 12.0. The molecular formula is C30H43FN4O4. The summed E-state index contributed by atoms with van der Waals surface area (Å²) in [5.74, 6) is -0.899. The normalized spacial score (nSPS) is 19.2. The van der Waals surface area contributed by atoms with Crippen molar-refractivity contribution >= 4 is 28.5 Å².